The highest BCUT2D eigenvalue weighted by atomic mass is 35.5. The lowest BCUT2D eigenvalue weighted by Crippen LogP contribution is -2.42. The Kier molecular flexibility index (Phi) is 9.08. The lowest BCUT2D eigenvalue weighted by molar-refractivity contribution is -0.139. The van der Waals surface area contributed by atoms with Gasteiger partial charge in [0.2, 0.25) is 0 Å². The van der Waals surface area contributed by atoms with E-state index in [1.807, 2.05) is 0 Å². The second-order valence-corrected chi connectivity index (χ2v) is 9.78. The SMILES string of the molecule is Cc1noc(-c2ccc(C(=O)N[C@H](Cc3ccc(Cl)cc3)C(=O)O)cc2)c1NC(=O)OC(C)c1ccccc1Cl. The maximum absolute atomic E-state index is 12.8. The number of amides is 2. The van der Waals surface area contributed by atoms with E-state index in [0.717, 1.165) is 0 Å². The van der Waals surface area contributed by atoms with Gasteiger partial charge in [-0.2, -0.15) is 0 Å². The molecular weight excluding hydrogens is 557 g/mol. The van der Waals surface area contributed by atoms with Crippen molar-refractivity contribution in [1.29, 1.82) is 0 Å². The molecule has 1 unspecified atom stereocenters. The molecule has 0 aliphatic carbocycles. The molecule has 40 heavy (non-hydrogen) atoms. The van der Waals surface area contributed by atoms with Crippen LogP contribution >= 0.6 is 23.2 Å². The number of ether oxygens (including phenoxy) is 1. The molecule has 1 heterocycles. The molecular formula is C29H25Cl2N3O6. The third kappa shape index (κ3) is 6.99. The Balaban J connectivity index is 1.43. The predicted molar refractivity (Wildman–Crippen MR) is 151 cm³/mol. The molecule has 3 N–H and O–H groups in total. The number of hydrogen-bond donors (Lipinski definition) is 3. The Bertz CT molecular complexity index is 1520. The molecule has 0 saturated heterocycles. The van der Waals surface area contributed by atoms with Crippen molar-refractivity contribution in [1.82, 2.24) is 10.5 Å². The summed E-state index contributed by atoms with van der Waals surface area (Å²) in [6.45, 7) is 3.37. The first kappa shape index (κ1) is 28.7. The number of anilines is 1. The van der Waals surface area contributed by atoms with E-state index in [2.05, 4.69) is 15.8 Å². The molecule has 206 valence electrons. The molecule has 0 saturated carbocycles. The fourth-order valence-corrected chi connectivity index (χ4v) is 4.36. The van der Waals surface area contributed by atoms with Crippen molar-refractivity contribution in [3.05, 3.63) is 105 Å². The molecule has 3 aromatic carbocycles. The standard InChI is InChI=1S/C29H25Cl2N3O6/c1-16-25(33-29(38)39-17(2)22-5-3-4-6-23(22)31)26(40-34-16)19-9-11-20(12-10-19)27(35)32-24(28(36)37)15-18-7-13-21(30)14-8-18/h3-14,17,24H,15H2,1-2H3,(H,32,35)(H,33,38)(H,36,37)/t17?,24-/m1/s1. The van der Waals surface area contributed by atoms with Gasteiger partial charge in [0.1, 0.15) is 23.5 Å². The fraction of sp³-hybridized carbons (Fsp3) is 0.172. The Morgan fingerprint density at radius 3 is 2.33 bits per heavy atom. The summed E-state index contributed by atoms with van der Waals surface area (Å²) in [6, 6.07) is 18.9. The van der Waals surface area contributed by atoms with Gasteiger partial charge in [-0.15, -0.1) is 0 Å². The van der Waals surface area contributed by atoms with Crippen LogP contribution in [0.15, 0.2) is 77.3 Å². The van der Waals surface area contributed by atoms with E-state index in [-0.39, 0.29) is 17.7 Å². The van der Waals surface area contributed by atoms with Crippen LogP contribution in [0.4, 0.5) is 10.5 Å². The van der Waals surface area contributed by atoms with Gasteiger partial charge in [-0.3, -0.25) is 10.1 Å². The Labute approximate surface area is 240 Å². The van der Waals surface area contributed by atoms with Crippen molar-refractivity contribution in [3.63, 3.8) is 0 Å². The molecule has 0 radical (unpaired) electrons. The van der Waals surface area contributed by atoms with Crippen molar-refractivity contribution in [3.8, 4) is 11.3 Å². The topological polar surface area (TPSA) is 131 Å². The first-order chi connectivity index (χ1) is 19.1. The number of hydrogen-bond acceptors (Lipinski definition) is 6. The molecule has 2 atom stereocenters. The number of benzene rings is 3. The summed E-state index contributed by atoms with van der Waals surface area (Å²) in [7, 11) is 0. The fourth-order valence-electron chi connectivity index (χ4n) is 3.95. The van der Waals surface area contributed by atoms with E-state index >= 15 is 0 Å². The molecule has 9 nitrogen and oxygen atoms in total. The van der Waals surface area contributed by atoms with Gasteiger partial charge in [-0.05, 0) is 49.7 Å². The second kappa shape index (κ2) is 12.7. The summed E-state index contributed by atoms with van der Waals surface area (Å²) in [5.41, 5.74) is 2.88. The number of rotatable bonds is 9. The molecule has 0 bridgehead atoms. The third-order valence-corrected chi connectivity index (χ3v) is 6.68. The zero-order chi connectivity index (χ0) is 28.8. The lowest BCUT2D eigenvalue weighted by Gasteiger charge is -2.16. The highest BCUT2D eigenvalue weighted by molar-refractivity contribution is 6.31. The number of carboxylic acid groups (broad SMARTS) is 1. The highest BCUT2D eigenvalue weighted by Gasteiger charge is 2.23. The van der Waals surface area contributed by atoms with Crippen LogP contribution in [0.2, 0.25) is 10.0 Å². The maximum Gasteiger partial charge on any atom is 0.412 e. The van der Waals surface area contributed by atoms with Crippen LogP contribution in [0.5, 0.6) is 0 Å². The van der Waals surface area contributed by atoms with E-state index in [4.69, 9.17) is 32.5 Å². The molecule has 0 aliphatic heterocycles. The van der Waals surface area contributed by atoms with Gasteiger partial charge in [-0.25, -0.2) is 9.59 Å². The summed E-state index contributed by atoms with van der Waals surface area (Å²) < 4.78 is 10.9. The summed E-state index contributed by atoms with van der Waals surface area (Å²) in [5, 5.41) is 19.8. The van der Waals surface area contributed by atoms with E-state index < -0.39 is 30.1 Å². The van der Waals surface area contributed by atoms with Crippen LogP contribution in [0, 0.1) is 6.92 Å². The Morgan fingerprint density at radius 2 is 1.68 bits per heavy atom. The number of carbonyl (C=O) groups is 3. The third-order valence-electron chi connectivity index (χ3n) is 6.08. The van der Waals surface area contributed by atoms with E-state index in [1.165, 1.54) is 12.1 Å². The van der Waals surface area contributed by atoms with Crippen molar-refractivity contribution in [2.24, 2.45) is 0 Å². The first-order valence-electron chi connectivity index (χ1n) is 12.2. The number of nitrogens with one attached hydrogen (secondary N) is 2. The monoisotopic (exact) mass is 581 g/mol. The van der Waals surface area contributed by atoms with Crippen LogP contribution < -0.4 is 10.6 Å². The molecule has 4 aromatic rings. The number of aryl methyl sites for hydroxylation is 1. The number of carboxylic acids is 1. The molecule has 2 amide bonds. The van der Waals surface area contributed by atoms with Crippen molar-refractivity contribution in [2.45, 2.75) is 32.4 Å². The van der Waals surface area contributed by atoms with Gasteiger partial charge < -0.3 is 19.7 Å². The average molecular weight is 582 g/mol. The van der Waals surface area contributed by atoms with Crippen LogP contribution in [-0.4, -0.2) is 34.3 Å². The van der Waals surface area contributed by atoms with Crippen LogP contribution in [-0.2, 0) is 16.0 Å². The molecule has 4 rings (SSSR count). The maximum atomic E-state index is 12.8. The molecule has 11 heteroatoms. The quantitative estimate of drug-likeness (QED) is 0.200. The second-order valence-electron chi connectivity index (χ2n) is 8.94. The smallest absolute Gasteiger partial charge is 0.412 e. The zero-order valence-electron chi connectivity index (χ0n) is 21.5. The zero-order valence-corrected chi connectivity index (χ0v) is 23.0. The molecule has 1 aromatic heterocycles. The normalized spacial score (nSPS) is 12.3. The molecule has 0 aliphatic rings. The minimum Gasteiger partial charge on any atom is -0.480 e. The van der Waals surface area contributed by atoms with Crippen molar-refractivity contribution in [2.75, 3.05) is 5.32 Å². The van der Waals surface area contributed by atoms with Gasteiger partial charge >= 0.3 is 12.1 Å². The summed E-state index contributed by atoms with van der Waals surface area (Å²) in [6.07, 6.45) is -1.24. The van der Waals surface area contributed by atoms with E-state index in [0.29, 0.717) is 38.1 Å². The van der Waals surface area contributed by atoms with Crippen LogP contribution in [0.3, 0.4) is 0 Å². The number of aromatic nitrogens is 1. The first-order valence-corrected chi connectivity index (χ1v) is 12.9. The van der Waals surface area contributed by atoms with Gasteiger partial charge in [0.15, 0.2) is 5.76 Å². The van der Waals surface area contributed by atoms with E-state index in [1.54, 1.807) is 74.5 Å². The predicted octanol–water partition coefficient (Wildman–Crippen LogP) is 6.69. The van der Waals surface area contributed by atoms with Crippen molar-refractivity contribution >= 4 is 46.9 Å². The summed E-state index contributed by atoms with van der Waals surface area (Å²) >= 11 is 12.1. The Hall–Kier alpha value is -4.34. The number of aliphatic carboxylic acids is 1. The van der Waals surface area contributed by atoms with Gasteiger partial charge in [0.05, 0.1) is 0 Å². The number of halogens is 2. The van der Waals surface area contributed by atoms with Crippen LogP contribution in [0.1, 0.15) is 40.2 Å². The van der Waals surface area contributed by atoms with Crippen molar-refractivity contribution < 1.29 is 28.8 Å². The minimum atomic E-state index is -1.16. The van der Waals surface area contributed by atoms with Gasteiger partial charge in [-0.1, -0.05) is 70.8 Å². The summed E-state index contributed by atoms with van der Waals surface area (Å²) in [4.78, 5) is 37.2. The Morgan fingerprint density at radius 1 is 1.00 bits per heavy atom. The summed E-state index contributed by atoms with van der Waals surface area (Å²) in [5.74, 6) is -1.46. The highest BCUT2D eigenvalue weighted by Crippen LogP contribution is 2.32. The van der Waals surface area contributed by atoms with Crippen LogP contribution in [0.25, 0.3) is 11.3 Å². The molecule has 0 fully saturated rings. The largest absolute Gasteiger partial charge is 0.480 e. The molecule has 0 spiro atoms. The number of nitrogens with zero attached hydrogens (tertiary/aromatic N) is 1. The number of carbonyl (C=O) groups excluding carboxylic acids is 2. The minimum absolute atomic E-state index is 0.0912. The van der Waals surface area contributed by atoms with Gasteiger partial charge in [0.25, 0.3) is 5.91 Å². The average Bonchev–Trinajstić information content (AvgIpc) is 3.29. The van der Waals surface area contributed by atoms with Gasteiger partial charge in [0, 0.05) is 33.2 Å². The van der Waals surface area contributed by atoms with E-state index in [9.17, 15) is 19.5 Å². The lowest BCUT2D eigenvalue weighted by atomic mass is 10.0.